The van der Waals surface area contributed by atoms with Gasteiger partial charge in [0, 0.05) is 67.7 Å². The van der Waals surface area contributed by atoms with Crippen LogP contribution in [0.1, 0.15) is 82.8 Å². The third kappa shape index (κ3) is 8.91. The van der Waals surface area contributed by atoms with Gasteiger partial charge in [0.15, 0.2) is 5.75 Å². The number of aliphatic hydroxyl groups excluding tert-OH is 3. The van der Waals surface area contributed by atoms with E-state index in [0.717, 1.165) is 0 Å². The van der Waals surface area contributed by atoms with Crippen LogP contribution in [0.5, 0.6) is 23.0 Å². The summed E-state index contributed by atoms with van der Waals surface area (Å²) in [6, 6.07) is 0. The lowest BCUT2D eigenvalue weighted by atomic mass is 9.78. The highest BCUT2D eigenvalue weighted by atomic mass is 16.7. The van der Waals surface area contributed by atoms with Gasteiger partial charge < -0.3 is 54.9 Å². The van der Waals surface area contributed by atoms with Crippen molar-refractivity contribution in [2.75, 3.05) is 25.5 Å². The molecule has 4 heterocycles. The maximum Gasteiger partial charge on any atom is 0.312 e. The number of ketones is 1. The molecule has 16 nitrogen and oxygen atoms in total. The van der Waals surface area contributed by atoms with Gasteiger partial charge in [-0.05, 0) is 32.8 Å². The van der Waals surface area contributed by atoms with E-state index in [2.05, 4.69) is 10.4 Å². The van der Waals surface area contributed by atoms with Gasteiger partial charge >= 0.3 is 11.8 Å². The van der Waals surface area contributed by atoms with E-state index in [1.807, 2.05) is 0 Å². The Morgan fingerprint density at radius 2 is 1.68 bits per heavy atom. The van der Waals surface area contributed by atoms with E-state index in [1.165, 1.54) is 59.4 Å². The molecule has 0 radical (unpaired) electrons. The normalized spacial score (nSPS) is 33.0. The molecule has 59 heavy (non-hydrogen) atoms. The molecule has 1 fully saturated rings. The number of anilines is 1. The number of nitrogens with one attached hydrogen (secondary N) is 1. The number of β-amino-alcohol motifs (C(OH)–C–C–N with tert-alkyl or cyclic N) is 1. The number of aliphatic hydroxyl groups is 3. The van der Waals surface area contributed by atoms with Crippen molar-refractivity contribution in [1.29, 1.82) is 0 Å². The number of esters is 1. The predicted octanol–water partition coefficient (Wildman–Crippen LogP) is 4.54. The summed E-state index contributed by atoms with van der Waals surface area (Å²) in [4.78, 5) is 40.5. The van der Waals surface area contributed by atoms with Gasteiger partial charge in [-0.15, -0.1) is 0 Å². The van der Waals surface area contributed by atoms with Gasteiger partial charge in [-0.3, -0.25) is 19.4 Å². The van der Waals surface area contributed by atoms with E-state index < -0.39 is 94.9 Å². The molecule has 1 unspecified atom stereocenters. The first-order valence-corrected chi connectivity index (χ1v) is 19.8. The lowest BCUT2D eigenvalue weighted by molar-refractivity contribution is -0.160. The maximum absolute atomic E-state index is 14.4. The lowest BCUT2D eigenvalue weighted by Crippen LogP contribution is -2.46. The number of methoxy groups -OCH3 is 1. The van der Waals surface area contributed by atoms with Crippen LogP contribution in [0.3, 0.4) is 0 Å². The number of carbonyl (C=O) groups excluding carboxylic acids is 3. The quantitative estimate of drug-likeness (QED) is 0.0971. The van der Waals surface area contributed by atoms with Crippen LogP contribution in [0.4, 0.5) is 5.69 Å². The third-order valence-electron chi connectivity index (χ3n) is 11.8. The molecular weight excluding hydrogens is 766 g/mol. The molecule has 1 saturated heterocycles. The zero-order valence-corrected chi connectivity index (χ0v) is 34.9. The van der Waals surface area contributed by atoms with Crippen molar-refractivity contribution >= 4 is 40.3 Å². The number of aromatic hydroxyl groups is 3. The Bertz CT molecular complexity index is 2080. The Morgan fingerprint density at radius 3 is 2.32 bits per heavy atom. The molecule has 0 aliphatic carbocycles. The van der Waals surface area contributed by atoms with Crippen LogP contribution in [-0.2, 0) is 23.8 Å². The summed E-state index contributed by atoms with van der Waals surface area (Å²) in [5.74, 6) is -8.63. The fraction of sp³-hybridized carbons (Fsp3) is 0.535. The molecule has 0 aromatic heterocycles. The summed E-state index contributed by atoms with van der Waals surface area (Å²) < 4.78 is 23.5. The van der Waals surface area contributed by atoms with Crippen molar-refractivity contribution in [3.8, 4) is 23.0 Å². The van der Waals surface area contributed by atoms with Crippen LogP contribution in [-0.4, -0.2) is 116 Å². The monoisotopic (exact) mass is 823 g/mol. The number of fused-ring (bicyclic) bond motifs is 14. The molecule has 5 bridgehead atoms. The van der Waals surface area contributed by atoms with Crippen LogP contribution >= 0.6 is 0 Å². The minimum absolute atomic E-state index is 0.0327. The van der Waals surface area contributed by atoms with Gasteiger partial charge in [-0.1, -0.05) is 45.9 Å². The molecule has 0 saturated carbocycles. The highest BCUT2D eigenvalue weighted by Crippen LogP contribution is 2.55. The van der Waals surface area contributed by atoms with Crippen molar-refractivity contribution in [2.24, 2.45) is 28.8 Å². The topological polar surface area (TPSA) is 237 Å². The Balaban J connectivity index is 1.71. The SMILES string of the molecule is CO[C@H]1/C=C/O[C@@]2(C)Oc3c(C)c(O)c4c(O)c(c(/C=N/N5CCCC(O)C5)c(O)c4c3C2=O)NC(=O)/C(C)=C\C=C\[C@@H](C)[C@H](O)[C@@H](C)[C@H](O)[C@@H](C)[C@H](OC(C)=O)[C@@H]1C. The third-order valence-corrected chi connectivity index (χ3v) is 11.8. The second-order valence-electron chi connectivity index (χ2n) is 16.1. The first-order valence-electron chi connectivity index (χ1n) is 19.8. The fourth-order valence-electron chi connectivity index (χ4n) is 8.05. The van der Waals surface area contributed by atoms with Crippen LogP contribution in [0.2, 0.25) is 0 Å². The van der Waals surface area contributed by atoms with Crippen molar-refractivity contribution in [3.05, 3.63) is 52.8 Å². The van der Waals surface area contributed by atoms with Crippen molar-refractivity contribution in [2.45, 2.75) is 105 Å². The molecule has 4 aliphatic heterocycles. The number of nitrogens with zero attached hydrogens (tertiary/aromatic N) is 2. The molecule has 2 aromatic rings. The highest BCUT2D eigenvalue weighted by molar-refractivity contribution is 6.23. The van der Waals surface area contributed by atoms with Crippen molar-refractivity contribution in [1.82, 2.24) is 5.01 Å². The van der Waals surface area contributed by atoms with E-state index in [1.54, 1.807) is 44.9 Å². The Labute approximate surface area is 343 Å². The first kappa shape index (κ1) is 44.9. The molecule has 2 aromatic carbocycles. The minimum Gasteiger partial charge on any atom is -0.507 e. The zero-order valence-electron chi connectivity index (χ0n) is 34.9. The number of allylic oxidation sites excluding steroid dienone is 2. The number of ether oxygens (including phenoxy) is 4. The van der Waals surface area contributed by atoms with E-state index in [9.17, 15) is 45.0 Å². The number of piperidine rings is 1. The number of rotatable bonds is 4. The number of hydrogen-bond acceptors (Lipinski definition) is 15. The number of carbonyl (C=O) groups is 3. The van der Waals surface area contributed by atoms with Gasteiger partial charge in [0.2, 0.25) is 0 Å². The molecule has 322 valence electrons. The molecule has 0 spiro atoms. The largest absolute Gasteiger partial charge is 0.507 e. The van der Waals surface area contributed by atoms with Gasteiger partial charge in [0.25, 0.3) is 11.7 Å². The Hall–Kier alpha value is -5.16. The van der Waals surface area contributed by atoms with E-state index in [-0.39, 0.29) is 51.0 Å². The van der Waals surface area contributed by atoms with Crippen LogP contribution in [0.15, 0.2) is 41.2 Å². The smallest absolute Gasteiger partial charge is 0.312 e. The minimum atomic E-state index is -2.07. The van der Waals surface area contributed by atoms with Crippen LogP contribution < -0.4 is 10.1 Å². The van der Waals surface area contributed by atoms with E-state index in [4.69, 9.17) is 18.9 Å². The van der Waals surface area contributed by atoms with E-state index in [0.29, 0.717) is 19.4 Å². The van der Waals surface area contributed by atoms with Crippen LogP contribution in [0, 0.1) is 30.6 Å². The molecule has 4 aliphatic rings. The number of Topliss-reactive ketones (excluding diaryl/α,β-unsaturated/α-hetero) is 1. The predicted molar refractivity (Wildman–Crippen MR) is 218 cm³/mol. The second-order valence-corrected chi connectivity index (χ2v) is 16.1. The van der Waals surface area contributed by atoms with Gasteiger partial charge in [0.1, 0.15) is 23.4 Å². The summed E-state index contributed by atoms with van der Waals surface area (Å²) in [5.41, 5.74) is -0.555. The first-order chi connectivity index (χ1) is 27.7. The Morgan fingerprint density at radius 1 is 0.983 bits per heavy atom. The van der Waals surface area contributed by atoms with Crippen molar-refractivity contribution in [3.63, 3.8) is 0 Å². The lowest BCUT2D eigenvalue weighted by Gasteiger charge is -2.38. The average Bonchev–Trinajstić information content (AvgIpc) is 3.46. The molecule has 6 rings (SSSR count). The molecule has 10 atom stereocenters. The van der Waals surface area contributed by atoms with Crippen LogP contribution in [0.25, 0.3) is 10.8 Å². The number of hydrogen-bond donors (Lipinski definition) is 7. The number of phenolic OH excluding ortho intramolecular Hbond substituents is 3. The van der Waals surface area contributed by atoms with E-state index >= 15 is 0 Å². The number of hydrazone groups is 1. The fourth-order valence-corrected chi connectivity index (χ4v) is 8.05. The van der Waals surface area contributed by atoms with Gasteiger partial charge in [-0.25, -0.2) is 0 Å². The molecule has 16 heteroatoms. The Kier molecular flexibility index (Phi) is 13.7. The summed E-state index contributed by atoms with van der Waals surface area (Å²) in [7, 11) is 1.43. The molecule has 1 amide bonds. The standard InChI is InChI=1S/C43H57N3O13/c1-20-12-10-13-21(2)42(55)45-33-28(18-44-46-16-11-14-27(48)19-46)37(52)30-31(38(33)53)36(51)25(6)40-32(30)41(54)43(8,59-40)57-17-15-29(56-9)22(3)39(58-26(7)47)24(5)35(50)23(4)34(20)49/h10,12-13,15,17-18,20,22-24,27,29,34-35,39,48-53H,11,14,16,19H2,1-9H3,(H,45,55)/b12-10+,17-15+,21-13-,44-18+/t20-,22-,23-,24-,27?,29+,34+,35+,39-,43+/m1/s1. The number of benzene rings is 2. The zero-order chi connectivity index (χ0) is 43.7. The molecular formula is C43H57N3O13. The second kappa shape index (κ2) is 18.0. The van der Waals surface area contributed by atoms with Gasteiger partial charge in [-0.2, -0.15) is 5.10 Å². The molecule has 7 N–H and O–H groups in total. The summed E-state index contributed by atoms with van der Waals surface area (Å²) in [6.45, 7) is 13.1. The summed E-state index contributed by atoms with van der Waals surface area (Å²) in [6.07, 6.45) is 5.20. The average molecular weight is 824 g/mol. The number of phenols is 3. The van der Waals surface area contributed by atoms with Crippen molar-refractivity contribution < 1.29 is 64.0 Å². The summed E-state index contributed by atoms with van der Waals surface area (Å²) >= 11 is 0. The van der Waals surface area contributed by atoms with Gasteiger partial charge in [0.05, 0.1) is 65.6 Å². The maximum atomic E-state index is 14.4. The summed E-state index contributed by atoms with van der Waals surface area (Å²) in [5, 5.41) is 76.6. The number of amides is 1. The highest BCUT2D eigenvalue weighted by Gasteiger charge is 2.50.